The van der Waals surface area contributed by atoms with Crippen LogP contribution in [-0.2, 0) is 0 Å². The first-order valence-corrected chi connectivity index (χ1v) is 6.51. The molecule has 20 heavy (non-hydrogen) atoms. The lowest BCUT2D eigenvalue weighted by Crippen LogP contribution is -2.21. The molecule has 0 fully saturated rings. The molecule has 0 aliphatic heterocycles. The van der Waals surface area contributed by atoms with Crippen LogP contribution in [0.3, 0.4) is 0 Å². The molecule has 2 aromatic rings. The van der Waals surface area contributed by atoms with Crippen LogP contribution in [0, 0.1) is 12.7 Å². The second kappa shape index (κ2) is 6.01. The summed E-state index contributed by atoms with van der Waals surface area (Å²) in [5.41, 5.74) is 2.17. The Balaban J connectivity index is 2.50. The summed E-state index contributed by atoms with van der Waals surface area (Å²) in [6, 6.07) is 5.01. The molecule has 3 nitrogen and oxygen atoms in total. The van der Waals surface area contributed by atoms with Gasteiger partial charge in [0.1, 0.15) is 5.82 Å². The Hall–Kier alpha value is -1.94. The molecule has 0 aliphatic carbocycles. The average Bonchev–Trinajstić information content (AvgIpc) is 2.40. The molecule has 0 amide bonds. The minimum absolute atomic E-state index is 0.269. The first-order valence-electron chi connectivity index (χ1n) is 6.13. The molecule has 2 rings (SSSR count). The molecule has 0 N–H and O–H groups in total. The summed E-state index contributed by atoms with van der Waals surface area (Å²) in [6.45, 7) is 7.99. The van der Waals surface area contributed by atoms with Crippen LogP contribution in [-0.4, -0.2) is 16.5 Å². The lowest BCUT2D eigenvalue weighted by molar-refractivity contribution is 0.618. The Morgan fingerprint density at radius 2 is 2.05 bits per heavy atom. The van der Waals surface area contributed by atoms with Gasteiger partial charge in [-0.15, -0.1) is 0 Å². The van der Waals surface area contributed by atoms with E-state index in [1.54, 1.807) is 24.1 Å². The van der Waals surface area contributed by atoms with Crippen LogP contribution < -0.4 is 4.90 Å². The van der Waals surface area contributed by atoms with Gasteiger partial charge in [0.2, 0.25) is 0 Å². The minimum atomic E-state index is -0.269. The van der Waals surface area contributed by atoms with Crippen LogP contribution in [0.5, 0.6) is 0 Å². The van der Waals surface area contributed by atoms with Crippen molar-refractivity contribution in [3.63, 3.8) is 0 Å². The van der Waals surface area contributed by atoms with E-state index in [2.05, 4.69) is 16.5 Å². The summed E-state index contributed by atoms with van der Waals surface area (Å²) in [4.78, 5) is 10.0. The molecule has 5 heteroatoms. The van der Waals surface area contributed by atoms with Crippen molar-refractivity contribution in [1.82, 2.24) is 9.97 Å². The Labute approximate surface area is 122 Å². The highest BCUT2D eigenvalue weighted by molar-refractivity contribution is 6.31. The van der Waals surface area contributed by atoms with Crippen molar-refractivity contribution in [2.75, 3.05) is 11.4 Å². The fraction of sp³-hybridized carbons (Fsp3) is 0.200. The standard InChI is InChI=1S/C15H15ClFN3/c1-10(2)9-20(15-14(16)18-6-7-19-15)12-5-4-11(3)13(17)8-12/h4-8H,1,9H2,2-3H3. The first-order chi connectivity index (χ1) is 9.49. The van der Waals surface area contributed by atoms with Gasteiger partial charge in [-0.1, -0.05) is 29.8 Å². The normalized spacial score (nSPS) is 10.4. The maximum atomic E-state index is 13.8. The van der Waals surface area contributed by atoms with E-state index in [4.69, 9.17) is 11.6 Å². The van der Waals surface area contributed by atoms with Gasteiger partial charge in [-0.25, -0.2) is 14.4 Å². The summed E-state index contributed by atoms with van der Waals surface area (Å²) in [5.74, 6) is 0.217. The molecular weight excluding hydrogens is 277 g/mol. The van der Waals surface area contributed by atoms with Crippen LogP contribution in [0.15, 0.2) is 42.7 Å². The SMILES string of the molecule is C=C(C)CN(c1ccc(C)c(F)c1)c1nccnc1Cl. The van der Waals surface area contributed by atoms with Gasteiger partial charge in [-0.2, -0.15) is 0 Å². The summed E-state index contributed by atoms with van der Waals surface area (Å²) in [5, 5.41) is 0.273. The number of anilines is 2. The third-order valence-electron chi connectivity index (χ3n) is 2.79. The molecule has 1 aromatic heterocycles. The van der Waals surface area contributed by atoms with Gasteiger partial charge in [0.15, 0.2) is 11.0 Å². The second-order valence-electron chi connectivity index (χ2n) is 4.65. The maximum Gasteiger partial charge on any atom is 0.172 e. The van der Waals surface area contributed by atoms with Crippen LogP contribution in [0.1, 0.15) is 12.5 Å². The predicted molar refractivity (Wildman–Crippen MR) is 80.0 cm³/mol. The van der Waals surface area contributed by atoms with Crippen molar-refractivity contribution < 1.29 is 4.39 Å². The van der Waals surface area contributed by atoms with Crippen molar-refractivity contribution in [2.45, 2.75) is 13.8 Å². The van der Waals surface area contributed by atoms with E-state index < -0.39 is 0 Å². The van der Waals surface area contributed by atoms with E-state index >= 15 is 0 Å². The van der Waals surface area contributed by atoms with E-state index in [0.717, 1.165) is 5.57 Å². The highest BCUT2D eigenvalue weighted by atomic mass is 35.5. The summed E-state index contributed by atoms with van der Waals surface area (Å²) in [7, 11) is 0. The van der Waals surface area contributed by atoms with Crippen LogP contribution in [0.25, 0.3) is 0 Å². The fourth-order valence-electron chi connectivity index (χ4n) is 1.80. The van der Waals surface area contributed by atoms with Crippen LogP contribution in [0.2, 0.25) is 5.15 Å². The van der Waals surface area contributed by atoms with Crippen LogP contribution in [0.4, 0.5) is 15.9 Å². The van der Waals surface area contributed by atoms with Crippen molar-refractivity contribution in [3.8, 4) is 0 Å². The largest absolute Gasteiger partial charge is 0.320 e. The molecule has 0 unspecified atom stereocenters. The van der Waals surface area contributed by atoms with E-state index in [-0.39, 0.29) is 11.0 Å². The van der Waals surface area contributed by atoms with Crippen molar-refractivity contribution in [1.29, 1.82) is 0 Å². The molecule has 0 radical (unpaired) electrons. The zero-order valence-electron chi connectivity index (χ0n) is 11.4. The van der Waals surface area contributed by atoms with Crippen molar-refractivity contribution >= 4 is 23.1 Å². The number of nitrogens with zero attached hydrogens (tertiary/aromatic N) is 3. The monoisotopic (exact) mass is 291 g/mol. The first kappa shape index (κ1) is 14.5. The molecule has 0 spiro atoms. The number of benzene rings is 1. The van der Waals surface area contributed by atoms with E-state index in [9.17, 15) is 4.39 Å². The summed E-state index contributed by atoms with van der Waals surface area (Å²) in [6.07, 6.45) is 3.07. The van der Waals surface area contributed by atoms with Crippen molar-refractivity contribution in [3.05, 3.63) is 59.3 Å². The number of hydrogen-bond donors (Lipinski definition) is 0. The van der Waals surface area contributed by atoms with Gasteiger partial charge < -0.3 is 4.90 Å². The van der Waals surface area contributed by atoms with Gasteiger partial charge >= 0.3 is 0 Å². The quantitative estimate of drug-likeness (QED) is 0.787. The number of aromatic nitrogens is 2. The molecule has 1 heterocycles. The highest BCUT2D eigenvalue weighted by Gasteiger charge is 2.16. The zero-order chi connectivity index (χ0) is 14.7. The maximum absolute atomic E-state index is 13.8. The van der Waals surface area contributed by atoms with Gasteiger partial charge in [-0.05, 0) is 31.5 Å². The van der Waals surface area contributed by atoms with Gasteiger partial charge in [0.25, 0.3) is 0 Å². The molecule has 0 aliphatic rings. The topological polar surface area (TPSA) is 29.0 Å². The predicted octanol–water partition coefficient (Wildman–Crippen LogP) is 4.29. The molecule has 0 saturated carbocycles. The smallest absolute Gasteiger partial charge is 0.172 e. The molecule has 104 valence electrons. The summed E-state index contributed by atoms with van der Waals surface area (Å²) < 4.78 is 13.8. The van der Waals surface area contributed by atoms with Crippen molar-refractivity contribution in [2.24, 2.45) is 0 Å². The fourth-order valence-corrected chi connectivity index (χ4v) is 2.01. The lowest BCUT2D eigenvalue weighted by Gasteiger charge is -2.24. The number of halogens is 2. The van der Waals surface area contributed by atoms with E-state index in [1.807, 2.05) is 13.0 Å². The third kappa shape index (κ3) is 3.14. The Bertz CT molecular complexity index is 643. The molecule has 0 saturated heterocycles. The Kier molecular flexibility index (Phi) is 4.35. The summed E-state index contributed by atoms with van der Waals surface area (Å²) >= 11 is 6.08. The third-order valence-corrected chi connectivity index (χ3v) is 3.05. The Morgan fingerprint density at radius 3 is 2.65 bits per heavy atom. The molecular formula is C15H15ClFN3. The van der Waals surface area contributed by atoms with Crippen LogP contribution >= 0.6 is 11.6 Å². The van der Waals surface area contributed by atoms with Gasteiger partial charge in [-0.3, -0.25) is 0 Å². The van der Waals surface area contributed by atoms with E-state index in [1.165, 1.54) is 12.3 Å². The highest BCUT2D eigenvalue weighted by Crippen LogP contribution is 2.29. The number of aryl methyl sites for hydroxylation is 1. The Morgan fingerprint density at radius 1 is 1.35 bits per heavy atom. The van der Waals surface area contributed by atoms with Gasteiger partial charge in [0.05, 0.1) is 0 Å². The van der Waals surface area contributed by atoms with E-state index in [0.29, 0.717) is 23.6 Å². The lowest BCUT2D eigenvalue weighted by atomic mass is 10.2. The molecule has 1 aromatic carbocycles. The van der Waals surface area contributed by atoms with Gasteiger partial charge in [0, 0.05) is 24.6 Å². The molecule has 0 bridgehead atoms. The number of hydrogen-bond acceptors (Lipinski definition) is 3. The molecule has 0 atom stereocenters. The zero-order valence-corrected chi connectivity index (χ0v) is 12.2. The number of rotatable bonds is 4. The second-order valence-corrected chi connectivity index (χ2v) is 5.01. The minimum Gasteiger partial charge on any atom is -0.320 e. The average molecular weight is 292 g/mol.